The standard InChI is InChI=1S/C19H18N2O2/c1-14-8-10-16(11-9-14)21(13-17-6-4-12-23-17)19(22)18-7-3-5-15(2)20-18/h3-12H,13H2,1-2H3. The van der Waals surface area contributed by atoms with E-state index in [1.165, 1.54) is 0 Å². The second kappa shape index (κ2) is 6.48. The molecule has 0 radical (unpaired) electrons. The van der Waals surface area contributed by atoms with E-state index < -0.39 is 0 Å². The number of benzene rings is 1. The number of hydrogen-bond acceptors (Lipinski definition) is 3. The molecule has 0 unspecified atom stereocenters. The molecule has 4 heteroatoms. The van der Waals surface area contributed by atoms with Gasteiger partial charge in [0.05, 0.1) is 12.8 Å². The second-order valence-corrected chi connectivity index (χ2v) is 5.47. The lowest BCUT2D eigenvalue weighted by molar-refractivity contribution is 0.0978. The van der Waals surface area contributed by atoms with Crippen LogP contribution in [0.25, 0.3) is 0 Å². The van der Waals surface area contributed by atoms with Gasteiger partial charge in [-0.1, -0.05) is 23.8 Å². The van der Waals surface area contributed by atoms with Gasteiger partial charge in [-0.3, -0.25) is 9.69 Å². The third kappa shape index (κ3) is 3.48. The summed E-state index contributed by atoms with van der Waals surface area (Å²) in [5, 5.41) is 0. The Balaban J connectivity index is 1.97. The van der Waals surface area contributed by atoms with Crippen molar-refractivity contribution in [3.63, 3.8) is 0 Å². The first-order valence-corrected chi connectivity index (χ1v) is 7.48. The molecule has 1 amide bonds. The van der Waals surface area contributed by atoms with Crippen LogP contribution in [0.5, 0.6) is 0 Å². The average Bonchev–Trinajstić information content (AvgIpc) is 3.06. The quantitative estimate of drug-likeness (QED) is 0.728. The molecule has 0 atom stereocenters. The van der Waals surface area contributed by atoms with Crippen LogP contribution in [0.4, 0.5) is 5.69 Å². The molecule has 3 aromatic rings. The molecule has 2 heterocycles. The summed E-state index contributed by atoms with van der Waals surface area (Å²) in [6, 6.07) is 17.0. The number of carbonyl (C=O) groups excluding carboxylic acids is 1. The number of rotatable bonds is 4. The van der Waals surface area contributed by atoms with E-state index in [1.54, 1.807) is 17.2 Å². The summed E-state index contributed by atoms with van der Waals surface area (Å²) in [7, 11) is 0. The molecule has 0 spiro atoms. The molecule has 0 bridgehead atoms. The lowest BCUT2D eigenvalue weighted by Crippen LogP contribution is -2.31. The highest BCUT2D eigenvalue weighted by atomic mass is 16.3. The number of nitrogens with zero attached hydrogens (tertiary/aromatic N) is 2. The van der Waals surface area contributed by atoms with Crippen molar-refractivity contribution in [2.24, 2.45) is 0 Å². The first-order chi connectivity index (χ1) is 11.1. The summed E-state index contributed by atoms with van der Waals surface area (Å²) in [5.41, 5.74) is 3.21. The highest BCUT2D eigenvalue weighted by Crippen LogP contribution is 2.20. The lowest BCUT2D eigenvalue weighted by atomic mass is 10.2. The highest BCUT2D eigenvalue weighted by Gasteiger charge is 2.20. The van der Waals surface area contributed by atoms with E-state index in [9.17, 15) is 4.79 Å². The Bertz CT molecular complexity index is 793. The number of carbonyl (C=O) groups is 1. The molecule has 3 rings (SSSR count). The van der Waals surface area contributed by atoms with Gasteiger partial charge in [-0.05, 0) is 50.2 Å². The van der Waals surface area contributed by atoms with Crippen molar-refractivity contribution in [2.45, 2.75) is 20.4 Å². The largest absolute Gasteiger partial charge is 0.467 e. The molecule has 0 aliphatic heterocycles. The van der Waals surface area contributed by atoms with Gasteiger partial charge in [0, 0.05) is 11.4 Å². The molecule has 0 fully saturated rings. The summed E-state index contributed by atoms with van der Waals surface area (Å²) in [4.78, 5) is 19.0. The topological polar surface area (TPSA) is 46.3 Å². The number of aromatic nitrogens is 1. The van der Waals surface area contributed by atoms with Gasteiger partial charge >= 0.3 is 0 Å². The van der Waals surface area contributed by atoms with Crippen molar-refractivity contribution in [1.82, 2.24) is 4.98 Å². The minimum atomic E-state index is -0.144. The van der Waals surface area contributed by atoms with E-state index in [-0.39, 0.29) is 5.91 Å². The average molecular weight is 306 g/mol. The van der Waals surface area contributed by atoms with Crippen LogP contribution in [0.2, 0.25) is 0 Å². The van der Waals surface area contributed by atoms with Crippen molar-refractivity contribution in [1.29, 1.82) is 0 Å². The minimum absolute atomic E-state index is 0.144. The zero-order valence-electron chi connectivity index (χ0n) is 13.2. The van der Waals surface area contributed by atoms with E-state index in [1.807, 2.05) is 62.4 Å². The summed E-state index contributed by atoms with van der Waals surface area (Å²) >= 11 is 0. The zero-order chi connectivity index (χ0) is 16.2. The molecule has 2 aromatic heterocycles. The van der Waals surface area contributed by atoms with Gasteiger partial charge in [-0.25, -0.2) is 4.98 Å². The maximum atomic E-state index is 12.9. The van der Waals surface area contributed by atoms with Gasteiger partial charge in [-0.15, -0.1) is 0 Å². The molecule has 23 heavy (non-hydrogen) atoms. The molecule has 116 valence electrons. The van der Waals surface area contributed by atoms with Gasteiger partial charge < -0.3 is 4.42 Å². The number of anilines is 1. The third-order valence-corrected chi connectivity index (χ3v) is 3.59. The van der Waals surface area contributed by atoms with E-state index in [0.29, 0.717) is 12.2 Å². The maximum Gasteiger partial charge on any atom is 0.277 e. The SMILES string of the molecule is Cc1ccc(N(Cc2ccco2)C(=O)c2cccc(C)n2)cc1. The number of amides is 1. The van der Waals surface area contributed by atoms with Crippen LogP contribution < -0.4 is 4.90 Å². The summed E-state index contributed by atoms with van der Waals surface area (Å²) in [5.74, 6) is 0.584. The Labute approximate surface area is 135 Å². The van der Waals surface area contributed by atoms with Crippen LogP contribution in [0.1, 0.15) is 27.5 Å². The van der Waals surface area contributed by atoms with Crippen molar-refractivity contribution in [3.05, 3.63) is 83.6 Å². The molecular formula is C19H18N2O2. The monoisotopic (exact) mass is 306 g/mol. The van der Waals surface area contributed by atoms with Crippen LogP contribution in [0, 0.1) is 13.8 Å². The first kappa shape index (κ1) is 15.0. The smallest absolute Gasteiger partial charge is 0.277 e. The van der Waals surface area contributed by atoms with Crippen LogP contribution in [0.3, 0.4) is 0 Å². The fourth-order valence-electron chi connectivity index (χ4n) is 2.36. The lowest BCUT2D eigenvalue weighted by Gasteiger charge is -2.22. The maximum absolute atomic E-state index is 12.9. The Hall–Kier alpha value is -2.88. The van der Waals surface area contributed by atoms with Gasteiger partial charge in [0.15, 0.2) is 0 Å². The van der Waals surface area contributed by atoms with Crippen molar-refractivity contribution < 1.29 is 9.21 Å². The molecule has 0 N–H and O–H groups in total. The molecule has 0 saturated heterocycles. The van der Waals surface area contributed by atoms with Crippen molar-refractivity contribution in [2.75, 3.05) is 4.90 Å². The van der Waals surface area contributed by atoms with Crippen molar-refractivity contribution >= 4 is 11.6 Å². The Kier molecular flexibility index (Phi) is 4.24. The molecule has 0 saturated carbocycles. The highest BCUT2D eigenvalue weighted by molar-refractivity contribution is 6.04. The summed E-state index contributed by atoms with van der Waals surface area (Å²) in [6.07, 6.45) is 1.61. The van der Waals surface area contributed by atoms with Gasteiger partial charge in [0.25, 0.3) is 5.91 Å². The van der Waals surface area contributed by atoms with Gasteiger partial charge in [0.2, 0.25) is 0 Å². The fraction of sp³-hybridized carbons (Fsp3) is 0.158. The molecular weight excluding hydrogens is 288 g/mol. The molecule has 4 nitrogen and oxygen atoms in total. The Morgan fingerprint density at radius 3 is 2.48 bits per heavy atom. The predicted octanol–water partition coefficient (Wildman–Crippen LogP) is 4.14. The van der Waals surface area contributed by atoms with Crippen LogP contribution in [-0.2, 0) is 6.54 Å². The number of aryl methyl sites for hydroxylation is 2. The summed E-state index contributed by atoms with van der Waals surface area (Å²) in [6.45, 7) is 4.26. The minimum Gasteiger partial charge on any atom is -0.467 e. The van der Waals surface area contributed by atoms with Crippen LogP contribution >= 0.6 is 0 Å². The van der Waals surface area contributed by atoms with Gasteiger partial charge in [-0.2, -0.15) is 0 Å². The van der Waals surface area contributed by atoms with E-state index in [0.717, 1.165) is 22.7 Å². The van der Waals surface area contributed by atoms with Crippen LogP contribution in [0.15, 0.2) is 65.3 Å². The Morgan fingerprint density at radius 1 is 1.04 bits per heavy atom. The van der Waals surface area contributed by atoms with E-state index in [2.05, 4.69) is 4.98 Å². The number of furan rings is 1. The van der Waals surface area contributed by atoms with Crippen LogP contribution in [-0.4, -0.2) is 10.9 Å². The van der Waals surface area contributed by atoms with E-state index in [4.69, 9.17) is 4.42 Å². The first-order valence-electron chi connectivity index (χ1n) is 7.48. The number of hydrogen-bond donors (Lipinski definition) is 0. The van der Waals surface area contributed by atoms with Gasteiger partial charge in [0.1, 0.15) is 11.5 Å². The number of pyridine rings is 1. The fourth-order valence-corrected chi connectivity index (χ4v) is 2.36. The third-order valence-electron chi connectivity index (χ3n) is 3.59. The molecule has 0 aliphatic rings. The van der Waals surface area contributed by atoms with Crippen molar-refractivity contribution in [3.8, 4) is 0 Å². The van der Waals surface area contributed by atoms with E-state index >= 15 is 0 Å². The predicted molar refractivity (Wildman–Crippen MR) is 89.4 cm³/mol. The molecule has 1 aromatic carbocycles. The Morgan fingerprint density at radius 2 is 1.83 bits per heavy atom. The molecule has 0 aliphatic carbocycles. The summed E-state index contributed by atoms with van der Waals surface area (Å²) < 4.78 is 5.40. The zero-order valence-corrected chi connectivity index (χ0v) is 13.2. The normalized spacial score (nSPS) is 10.5. The second-order valence-electron chi connectivity index (χ2n) is 5.47.